The molecule has 0 aliphatic rings. The van der Waals surface area contributed by atoms with Gasteiger partial charge in [-0.25, -0.2) is 4.98 Å². The number of hydrogen-bond donors (Lipinski definition) is 1. The summed E-state index contributed by atoms with van der Waals surface area (Å²) in [4.78, 5) is 16.3. The summed E-state index contributed by atoms with van der Waals surface area (Å²) in [6, 6.07) is 10.6. The average molecular weight is 242 g/mol. The first-order valence-corrected chi connectivity index (χ1v) is 5.59. The first kappa shape index (κ1) is 12.3. The molecule has 0 aliphatic carbocycles. The van der Waals surface area contributed by atoms with Crippen LogP contribution in [0.1, 0.15) is 21.6 Å². The summed E-state index contributed by atoms with van der Waals surface area (Å²) in [6.45, 7) is 0.460. The predicted octanol–water partition coefficient (Wildman–Crippen LogP) is 1.78. The quantitative estimate of drug-likeness (QED) is 0.830. The zero-order valence-electron chi connectivity index (χ0n) is 10.1. The highest BCUT2D eigenvalue weighted by molar-refractivity contribution is 6.09. The standard InChI is InChI=1S/C14H14N2O2/c1-18-12-3-2-8-16-13(12)14(17)11-6-4-10(9-15)5-7-11/h2-8H,9,15H2,1H3. The van der Waals surface area contributed by atoms with E-state index in [9.17, 15) is 4.79 Å². The van der Waals surface area contributed by atoms with Crippen LogP contribution in [-0.4, -0.2) is 17.9 Å². The van der Waals surface area contributed by atoms with Crippen LogP contribution in [0, 0.1) is 0 Å². The van der Waals surface area contributed by atoms with Crippen molar-refractivity contribution < 1.29 is 9.53 Å². The van der Waals surface area contributed by atoms with Crippen molar-refractivity contribution in [3.8, 4) is 5.75 Å². The van der Waals surface area contributed by atoms with Crippen LogP contribution in [0.15, 0.2) is 42.6 Å². The van der Waals surface area contributed by atoms with Crippen LogP contribution < -0.4 is 10.5 Å². The number of aromatic nitrogens is 1. The lowest BCUT2D eigenvalue weighted by Crippen LogP contribution is -2.06. The maximum absolute atomic E-state index is 12.3. The van der Waals surface area contributed by atoms with E-state index in [0.717, 1.165) is 5.56 Å². The van der Waals surface area contributed by atoms with Crippen molar-refractivity contribution in [3.05, 3.63) is 59.4 Å². The lowest BCUT2D eigenvalue weighted by Gasteiger charge is -2.06. The fourth-order valence-electron chi connectivity index (χ4n) is 1.65. The SMILES string of the molecule is COc1cccnc1C(=O)c1ccc(CN)cc1. The number of pyridine rings is 1. The molecule has 1 heterocycles. The molecule has 0 saturated carbocycles. The Balaban J connectivity index is 2.35. The van der Waals surface area contributed by atoms with E-state index in [1.165, 1.54) is 7.11 Å². The minimum Gasteiger partial charge on any atom is -0.494 e. The predicted molar refractivity (Wildman–Crippen MR) is 68.6 cm³/mol. The van der Waals surface area contributed by atoms with E-state index in [-0.39, 0.29) is 5.78 Å². The maximum atomic E-state index is 12.3. The summed E-state index contributed by atoms with van der Waals surface area (Å²) in [5.74, 6) is 0.321. The van der Waals surface area contributed by atoms with Gasteiger partial charge in [0.15, 0.2) is 5.69 Å². The second-order valence-electron chi connectivity index (χ2n) is 3.78. The van der Waals surface area contributed by atoms with Crippen molar-refractivity contribution in [2.75, 3.05) is 7.11 Å². The van der Waals surface area contributed by atoms with Crippen LogP contribution in [0.25, 0.3) is 0 Å². The zero-order valence-corrected chi connectivity index (χ0v) is 10.1. The summed E-state index contributed by atoms with van der Waals surface area (Å²) in [6.07, 6.45) is 1.57. The Morgan fingerprint density at radius 2 is 2.00 bits per heavy atom. The lowest BCUT2D eigenvalue weighted by atomic mass is 10.1. The van der Waals surface area contributed by atoms with Crippen molar-refractivity contribution >= 4 is 5.78 Å². The third-order valence-corrected chi connectivity index (χ3v) is 2.66. The van der Waals surface area contributed by atoms with Crippen LogP contribution in [0.2, 0.25) is 0 Å². The Bertz CT molecular complexity index is 550. The number of carbonyl (C=O) groups is 1. The highest BCUT2D eigenvalue weighted by Gasteiger charge is 2.15. The molecule has 0 atom stereocenters. The highest BCUT2D eigenvalue weighted by atomic mass is 16.5. The number of nitrogens with two attached hydrogens (primary N) is 1. The van der Waals surface area contributed by atoms with Gasteiger partial charge in [0, 0.05) is 18.3 Å². The first-order chi connectivity index (χ1) is 8.76. The van der Waals surface area contributed by atoms with E-state index in [1.54, 1.807) is 30.5 Å². The molecule has 0 amide bonds. The van der Waals surface area contributed by atoms with Crippen molar-refractivity contribution in [1.29, 1.82) is 0 Å². The molecule has 0 fully saturated rings. The number of rotatable bonds is 4. The fraction of sp³-hybridized carbons (Fsp3) is 0.143. The Labute approximate surface area is 105 Å². The molecule has 1 aromatic carbocycles. The molecule has 0 radical (unpaired) electrons. The zero-order chi connectivity index (χ0) is 13.0. The van der Waals surface area contributed by atoms with Gasteiger partial charge in [-0.15, -0.1) is 0 Å². The van der Waals surface area contributed by atoms with Gasteiger partial charge in [0.05, 0.1) is 7.11 Å². The second-order valence-corrected chi connectivity index (χ2v) is 3.78. The van der Waals surface area contributed by atoms with Crippen molar-refractivity contribution in [3.63, 3.8) is 0 Å². The molecular formula is C14H14N2O2. The number of nitrogens with zero attached hydrogens (tertiary/aromatic N) is 1. The van der Waals surface area contributed by atoms with E-state index >= 15 is 0 Å². The third kappa shape index (κ3) is 2.38. The van der Waals surface area contributed by atoms with Crippen LogP contribution in [0.5, 0.6) is 5.75 Å². The van der Waals surface area contributed by atoms with E-state index in [4.69, 9.17) is 10.5 Å². The van der Waals surface area contributed by atoms with Gasteiger partial charge < -0.3 is 10.5 Å². The van der Waals surface area contributed by atoms with Crippen LogP contribution in [0.4, 0.5) is 0 Å². The van der Waals surface area contributed by atoms with Gasteiger partial charge in [-0.1, -0.05) is 24.3 Å². The molecule has 0 bridgehead atoms. The molecule has 2 aromatic rings. The third-order valence-electron chi connectivity index (χ3n) is 2.66. The monoisotopic (exact) mass is 242 g/mol. The molecule has 0 unspecified atom stereocenters. The molecule has 0 aliphatic heterocycles. The Morgan fingerprint density at radius 3 is 2.61 bits per heavy atom. The largest absolute Gasteiger partial charge is 0.494 e. The van der Waals surface area contributed by atoms with Crippen molar-refractivity contribution in [2.24, 2.45) is 5.73 Å². The Morgan fingerprint density at radius 1 is 1.28 bits per heavy atom. The summed E-state index contributed by atoms with van der Waals surface area (Å²) < 4.78 is 5.13. The Hall–Kier alpha value is -2.20. The smallest absolute Gasteiger partial charge is 0.215 e. The number of ketones is 1. The lowest BCUT2D eigenvalue weighted by molar-refractivity contribution is 0.103. The molecule has 1 aromatic heterocycles. The number of benzene rings is 1. The first-order valence-electron chi connectivity index (χ1n) is 5.59. The molecule has 2 N–H and O–H groups in total. The van der Waals surface area contributed by atoms with Crippen molar-refractivity contribution in [2.45, 2.75) is 6.54 Å². The van der Waals surface area contributed by atoms with Gasteiger partial charge in [-0.2, -0.15) is 0 Å². The molecule has 0 spiro atoms. The van der Waals surface area contributed by atoms with E-state index in [0.29, 0.717) is 23.6 Å². The van der Waals surface area contributed by atoms with Crippen molar-refractivity contribution in [1.82, 2.24) is 4.98 Å². The van der Waals surface area contributed by atoms with Gasteiger partial charge in [-0.05, 0) is 17.7 Å². The van der Waals surface area contributed by atoms with E-state index in [1.807, 2.05) is 12.1 Å². The second kappa shape index (κ2) is 5.42. The van der Waals surface area contributed by atoms with Crippen LogP contribution in [0.3, 0.4) is 0 Å². The van der Waals surface area contributed by atoms with Crippen LogP contribution in [-0.2, 0) is 6.54 Å². The summed E-state index contributed by atoms with van der Waals surface area (Å²) in [5.41, 5.74) is 7.39. The molecule has 92 valence electrons. The highest BCUT2D eigenvalue weighted by Crippen LogP contribution is 2.18. The molecule has 4 heteroatoms. The van der Waals surface area contributed by atoms with Crippen LogP contribution >= 0.6 is 0 Å². The topological polar surface area (TPSA) is 65.2 Å². The van der Waals surface area contributed by atoms with Gasteiger partial charge >= 0.3 is 0 Å². The fourth-order valence-corrected chi connectivity index (χ4v) is 1.65. The molecule has 0 saturated heterocycles. The number of ether oxygens (including phenoxy) is 1. The van der Waals surface area contributed by atoms with E-state index in [2.05, 4.69) is 4.98 Å². The number of methoxy groups -OCH3 is 1. The normalized spacial score (nSPS) is 10.1. The number of carbonyl (C=O) groups excluding carboxylic acids is 1. The van der Waals surface area contributed by atoms with Gasteiger partial charge in [0.2, 0.25) is 5.78 Å². The molecule has 4 nitrogen and oxygen atoms in total. The minimum absolute atomic E-state index is 0.156. The summed E-state index contributed by atoms with van der Waals surface area (Å²) in [5, 5.41) is 0. The van der Waals surface area contributed by atoms with Gasteiger partial charge in [-0.3, -0.25) is 4.79 Å². The average Bonchev–Trinajstić information content (AvgIpc) is 2.46. The summed E-state index contributed by atoms with van der Waals surface area (Å²) in [7, 11) is 1.52. The maximum Gasteiger partial charge on any atom is 0.215 e. The molecule has 18 heavy (non-hydrogen) atoms. The number of hydrogen-bond acceptors (Lipinski definition) is 4. The molecule has 2 rings (SSSR count). The minimum atomic E-state index is -0.156. The Kier molecular flexibility index (Phi) is 3.69. The van der Waals surface area contributed by atoms with E-state index < -0.39 is 0 Å². The van der Waals surface area contributed by atoms with Gasteiger partial charge in [0.1, 0.15) is 5.75 Å². The van der Waals surface area contributed by atoms with Gasteiger partial charge in [0.25, 0.3) is 0 Å². The molecular weight excluding hydrogens is 228 g/mol. The summed E-state index contributed by atoms with van der Waals surface area (Å²) >= 11 is 0.